The maximum absolute atomic E-state index is 11.5. The quantitative estimate of drug-likeness (QED) is 0.385. The highest BCUT2D eigenvalue weighted by molar-refractivity contribution is 8.03. The zero-order valence-corrected chi connectivity index (χ0v) is 13.5. The van der Waals surface area contributed by atoms with Crippen LogP contribution >= 0.6 is 23.5 Å². The molecule has 2 rings (SSSR count). The van der Waals surface area contributed by atoms with Crippen molar-refractivity contribution in [3.05, 3.63) is 0 Å². The molecule has 22 heavy (non-hydrogen) atoms. The third kappa shape index (κ3) is 5.09. The molecule has 0 aromatic heterocycles. The Hall–Kier alpha value is -1.42. The van der Waals surface area contributed by atoms with E-state index < -0.39 is 12.1 Å². The minimum atomic E-state index is -0.473. The van der Waals surface area contributed by atoms with Gasteiger partial charge in [0.15, 0.2) is 0 Å². The van der Waals surface area contributed by atoms with Gasteiger partial charge in [-0.15, -0.1) is 0 Å². The number of hydrogen-bond acceptors (Lipinski definition) is 6. The number of rotatable bonds is 7. The molecule has 122 valence electrons. The van der Waals surface area contributed by atoms with E-state index in [0.717, 1.165) is 11.5 Å². The molecule has 8 nitrogen and oxygen atoms in total. The van der Waals surface area contributed by atoms with Crippen LogP contribution in [0.4, 0.5) is 0 Å². The van der Waals surface area contributed by atoms with Gasteiger partial charge in [0.25, 0.3) is 0 Å². The molecule has 2 aliphatic heterocycles. The third-order valence-electron chi connectivity index (χ3n) is 3.09. The second-order valence-corrected chi connectivity index (χ2v) is 7.13. The molecule has 2 fully saturated rings. The lowest BCUT2D eigenvalue weighted by atomic mass is 10.2. The Balaban J connectivity index is 1.55. The normalized spacial score (nSPS) is 25.1. The van der Waals surface area contributed by atoms with E-state index in [2.05, 4.69) is 21.3 Å². The number of amides is 4. The van der Waals surface area contributed by atoms with E-state index in [1.165, 1.54) is 0 Å². The van der Waals surface area contributed by atoms with Crippen LogP contribution in [-0.4, -0.2) is 71.8 Å². The van der Waals surface area contributed by atoms with Gasteiger partial charge in [-0.1, -0.05) is 0 Å². The van der Waals surface area contributed by atoms with Crippen LogP contribution in [0.5, 0.6) is 0 Å². The highest BCUT2D eigenvalue weighted by Crippen LogP contribution is 2.11. The molecule has 2 saturated heterocycles. The average molecular weight is 346 g/mol. The van der Waals surface area contributed by atoms with Crippen LogP contribution in [-0.2, 0) is 19.2 Å². The molecular formula is C12H18N4O4S2. The zero-order chi connectivity index (χ0) is 15.9. The molecule has 10 heteroatoms. The summed E-state index contributed by atoms with van der Waals surface area (Å²) >= 11 is 3.14. The molecule has 0 aromatic rings. The molecule has 0 unspecified atom stereocenters. The predicted molar refractivity (Wildman–Crippen MR) is 84.5 cm³/mol. The van der Waals surface area contributed by atoms with Gasteiger partial charge in [-0.2, -0.15) is 23.5 Å². The number of hydrogen-bond donors (Lipinski definition) is 4. The Bertz CT molecular complexity index is 432. The van der Waals surface area contributed by atoms with Crippen LogP contribution in [0, 0.1) is 0 Å². The minimum Gasteiger partial charge on any atom is -0.345 e. The minimum absolute atomic E-state index is 0.0467. The first-order chi connectivity index (χ1) is 10.6. The molecule has 0 bridgehead atoms. The highest BCUT2D eigenvalue weighted by Gasteiger charge is 2.26. The first-order valence-corrected chi connectivity index (χ1v) is 9.17. The summed E-state index contributed by atoms with van der Waals surface area (Å²) in [5, 5.41) is 10.3. The Labute approximate surface area is 136 Å². The van der Waals surface area contributed by atoms with Crippen LogP contribution in [0.25, 0.3) is 0 Å². The second-order valence-electron chi connectivity index (χ2n) is 4.83. The van der Waals surface area contributed by atoms with Crippen molar-refractivity contribution in [1.29, 1.82) is 0 Å². The molecule has 2 atom stereocenters. The molecule has 0 spiro atoms. The summed E-state index contributed by atoms with van der Waals surface area (Å²) in [5.41, 5.74) is 0. The van der Waals surface area contributed by atoms with Gasteiger partial charge in [-0.3, -0.25) is 19.2 Å². The van der Waals surface area contributed by atoms with E-state index in [1.807, 2.05) is 0 Å². The molecule has 2 aliphatic rings. The van der Waals surface area contributed by atoms with Crippen molar-refractivity contribution in [3.8, 4) is 0 Å². The van der Waals surface area contributed by atoms with E-state index in [-0.39, 0.29) is 36.7 Å². The first kappa shape index (κ1) is 16.9. The van der Waals surface area contributed by atoms with Crippen LogP contribution in [0.15, 0.2) is 0 Å². The maximum atomic E-state index is 11.5. The maximum Gasteiger partial charge on any atom is 0.243 e. The zero-order valence-electron chi connectivity index (χ0n) is 11.8. The van der Waals surface area contributed by atoms with Gasteiger partial charge < -0.3 is 21.3 Å². The Morgan fingerprint density at radius 1 is 0.773 bits per heavy atom. The van der Waals surface area contributed by atoms with Crippen molar-refractivity contribution < 1.29 is 19.2 Å². The van der Waals surface area contributed by atoms with Crippen LogP contribution in [0.2, 0.25) is 0 Å². The van der Waals surface area contributed by atoms with Gasteiger partial charge in [0.05, 0.1) is 13.1 Å². The van der Waals surface area contributed by atoms with Crippen molar-refractivity contribution in [2.45, 2.75) is 12.1 Å². The third-order valence-corrected chi connectivity index (χ3v) is 5.47. The van der Waals surface area contributed by atoms with Crippen molar-refractivity contribution in [3.63, 3.8) is 0 Å². The number of carbonyl (C=O) groups is 4. The standard InChI is InChI=1S/C12H18N4O4S2/c17-9-3-13-11(19)7(15-9)5-21-1-2-22-6-8-12(20)14-4-10(18)16-8/h7-8H,1-6H2,(H,13,19)(H,14,20)(H,15,17)(H,16,18)/t7-,8+. The van der Waals surface area contributed by atoms with Crippen molar-refractivity contribution >= 4 is 47.2 Å². The van der Waals surface area contributed by atoms with E-state index in [4.69, 9.17) is 0 Å². The lowest BCUT2D eigenvalue weighted by Gasteiger charge is -2.23. The molecule has 4 amide bonds. The van der Waals surface area contributed by atoms with Gasteiger partial charge in [0.1, 0.15) is 12.1 Å². The molecule has 0 aromatic carbocycles. The van der Waals surface area contributed by atoms with E-state index in [0.29, 0.717) is 11.5 Å². The fraction of sp³-hybridized carbons (Fsp3) is 0.667. The Morgan fingerprint density at radius 3 is 1.59 bits per heavy atom. The number of nitrogens with one attached hydrogen (secondary N) is 4. The van der Waals surface area contributed by atoms with Gasteiger partial charge in [0, 0.05) is 23.0 Å². The lowest BCUT2D eigenvalue weighted by Crippen LogP contribution is -2.57. The Morgan fingerprint density at radius 2 is 1.18 bits per heavy atom. The average Bonchev–Trinajstić information content (AvgIpc) is 2.49. The van der Waals surface area contributed by atoms with E-state index in [1.54, 1.807) is 23.5 Å². The fourth-order valence-corrected chi connectivity index (χ4v) is 4.17. The van der Waals surface area contributed by atoms with Crippen molar-refractivity contribution in [2.75, 3.05) is 36.1 Å². The number of thioether (sulfide) groups is 2. The molecule has 2 heterocycles. The molecule has 0 radical (unpaired) electrons. The van der Waals surface area contributed by atoms with E-state index >= 15 is 0 Å². The smallest absolute Gasteiger partial charge is 0.243 e. The predicted octanol–water partition coefficient (Wildman–Crippen LogP) is -2.32. The fourth-order valence-electron chi connectivity index (χ4n) is 1.96. The van der Waals surface area contributed by atoms with Crippen LogP contribution in [0.3, 0.4) is 0 Å². The summed E-state index contributed by atoms with van der Waals surface area (Å²) in [5.74, 6) is 2.01. The summed E-state index contributed by atoms with van der Waals surface area (Å²) < 4.78 is 0. The SMILES string of the molecule is O=C1CNC(=O)[C@H](CSCCSC[C@H]2NC(=O)CNC2=O)N1. The number of carbonyl (C=O) groups excluding carboxylic acids is 4. The van der Waals surface area contributed by atoms with Crippen LogP contribution < -0.4 is 21.3 Å². The largest absolute Gasteiger partial charge is 0.345 e. The molecule has 0 aliphatic carbocycles. The lowest BCUT2D eigenvalue weighted by molar-refractivity contribution is -0.133. The van der Waals surface area contributed by atoms with Gasteiger partial charge in [-0.05, 0) is 0 Å². The van der Waals surface area contributed by atoms with Gasteiger partial charge in [0.2, 0.25) is 23.6 Å². The topological polar surface area (TPSA) is 116 Å². The number of piperazine rings is 2. The van der Waals surface area contributed by atoms with Crippen molar-refractivity contribution in [2.24, 2.45) is 0 Å². The summed E-state index contributed by atoms with van der Waals surface area (Å²) in [4.78, 5) is 45.4. The van der Waals surface area contributed by atoms with Crippen LogP contribution in [0.1, 0.15) is 0 Å². The van der Waals surface area contributed by atoms with E-state index in [9.17, 15) is 19.2 Å². The first-order valence-electron chi connectivity index (χ1n) is 6.86. The summed E-state index contributed by atoms with van der Waals surface area (Å²) in [6.45, 7) is 0.0933. The Kier molecular flexibility index (Phi) is 6.37. The molecule has 4 N–H and O–H groups in total. The second kappa shape index (κ2) is 8.28. The monoisotopic (exact) mass is 346 g/mol. The van der Waals surface area contributed by atoms with Crippen molar-refractivity contribution in [1.82, 2.24) is 21.3 Å². The van der Waals surface area contributed by atoms with Gasteiger partial charge in [-0.25, -0.2) is 0 Å². The summed E-state index contributed by atoms with van der Waals surface area (Å²) in [7, 11) is 0. The summed E-state index contributed by atoms with van der Waals surface area (Å²) in [6, 6.07) is -0.945. The highest BCUT2D eigenvalue weighted by atomic mass is 32.2. The summed E-state index contributed by atoms with van der Waals surface area (Å²) in [6.07, 6.45) is 0. The molecule has 0 saturated carbocycles. The van der Waals surface area contributed by atoms with Gasteiger partial charge >= 0.3 is 0 Å². The molecular weight excluding hydrogens is 328 g/mol.